The Bertz CT molecular complexity index is 400. The van der Waals surface area contributed by atoms with Crippen molar-refractivity contribution in [2.24, 2.45) is 5.73 Å². The first-order chi connectivity index (χ1) is 6.99. The van der Waals surface area contributed by atoms with Crippen LogP contribution in [0.1, 0.15) is 17.7 Å². The number of aromatic nitrogens is 1. The van der Waals surface area contributed by atoms with E-state index < -0.39 is 22.6 Å². The van der Waals surface area contributed by atoms with E-state index >= 15 is 0 Å². The van der Waals surface area contributed by atoms with Gasteiger partial charge in [-0.3, -0.25) is 15.1 Å². The van der Waals surface area contributed by atoms with Crippen molar-refractivity contribution in [3.05, 3.63) is 32.0 Å². The molecule has 15 heavy (non-hydrogen) atoms. The fourth-order valence-electron chi connectivity index (χ4n) is 1.04. The van der Waals surface area contributed by atoms with Crippen LogP contribution in [0, 0.1) is 10.1 Å². The van der Waals surface area contributed by atoms with Gasteiger partial charge in [-0.25, -0.2) is 8.78 Å². The highest BCUT2D eigenvalue weighted by molar-refractivity contribution is 9.10. The highest BCUT2D eigenvalue weighted by Gasteiger charge is 2.25. The highest BCUT2D eigenvalue weighted by atomic mass is 79.9. The summed E-state index contributed by atoms with van der Waals surface area (Å²) in [5, 5.41) is 10.5. The molecule has 5 nitrogen and oxygen atoms in total. The van der Waals surface area contributed by atoms with Gasteiger partial charge >= 0.3 is 5.69 Å². The van der Waals surface area contributed by atoms with Crippen LogP contribution in [-0.4, -0.2) is 9.91 Å². The van der Waals surface area contributed by atoms with Crippen LogP contribution >= 0.6 is 15.9 Å². The van der Waals surface area contributed by atoms with E-state index in [1.54, 1.807) is 0 Å². The van der Waals surface area contributed by atoms with Crippen molar-refractivity contribution in [1.82, 2.24) is 4.98 Å². The number of rotatable bonds is 3. The second kappa shape index (κ2) is 4.58. The second-order valence-corrected chi connectivity index (χ2v) is 3.37. The largest absolute Gasteiger partial charge is 0.325 e. The standard InChI is InChI=1S/C7H6BrF2N3O2/c8-6-4(13(14)15)2-12-3(1-11)5(6)7(9)10/h2,7H,1,11H2. The molecule has 0 atom stereocenters. The van der Waals surface area contributed by atoms with Gasteiger partial charge in [0.05, 0.1) is 16.2 Å². The average Bonchev–Trinajstić information content (AvgIpc) is 2.15. The molecular formula is C7H6BrF2N3O2. The third-order valence-electron chi connectivity index (χ3n) is 1.72. The predicted molar refractivity (Wildman–Crippen MR) is 51.4 cm³/mol. The van der Waals surface area contributed by atoms with Gasteiger partial charge in [0.1, 0.15) is 10.7 Å². The van der Waals surface area contributed by atoms with E-state index in [1.807, 2.05) is 0 Å². The van der Waals surface area contributed by atoms with Crippen LogP contribution in [-0.2, 0) is 6.54 Å². The molecule has 1 heterocycles. The summed E-state index contributed by atoms with van der Waals surface area (Å²) in [4.78, 5) is 13.2. The molecule has 1 aromatic heterocycles. The molecule has 0 saturated carbocycles. The number of nitrogens with zero attached hydrogens (tertiary/aromatic N) is 2. The van der Waals surface area contributed by atoms with Gasteiger partial charge in [0.15, 0.2) is 0 Å². The summed E-state index contributed by atoms with van der Waals surface area (Å²) in [7, 11) is 0. The van der Waals surface area contributed by atoms with Crippen molar-refractivity contribution in [1.29, 1.82) is 0 Å². The number of hydrogen-bond donors (Lipinski definition) is 1. The zero-order chi connectivity index (χ0) is 11.6. The molecule has 0 bridgehead atoms. The quantitative estimate of drug-likeness (QED) is 0.680. The maximum Gasteiger partial charge on any atom is 0.302 e. The SMILES string of the molecule is NCc1ncc([N+](=O)[O-])c(Br)c1C(F)F. The molecular weight excluding hydrogens is 276 g/mol. The number of halogens is 3. The molecule has 0 aliphatic rings. The summed E-state index contributed by atoms with van der Waals surface area (Å²) in [6.07, 6.45) is -1.96. The average molecular weight is 282 g/mol. The van der Waals surface area contributed by atoms with E-state index in [4.69, 9.17) is 5.73 Å². The van der Waals surface area contributed by atoms with E-state index in [0.717, 1.165) is 6.20 Å². The van der Waals surface area contributed by atoms with E-state index in [-0.39, 0.29) is 16.7 Å². The van der Waals surface area contributed by atoms with E-state index in [2.05, 4.69) is 20.9 Å². The third kappa shape index (κ3) is 2.26. The lowest BCUT2D eigenvalue weighted by atomic mass is 10.2. The first kappa shape index (κ1) is 11.9. The molecule has 8 heteroatoms. The number of alkyl halides is 2. The number of hydrogen-bond acceptors (Lipinski definition) is 4. The fourth-order valence-corrected chi connectivity index (χ4v) is 1.69. The van der Waals surface area contributed by atoms with Crippen LogP contribution in [0.25, 0.3) is 0 Å². The maximum absolute atomic E-state index is 12.6. The van der Waals surface area contributed by atoms with Crippen molar-refractivity contribution in [3.63, 3.8) is 0 Å². The summed E-state index contributed by atoms with van der Waals surface area (Å²) in [6, 6.07) is 0. The first-order valence-corrected chi connectivity index (χ1v) is 4.58. The molecule has 1 rings (SSSR count). The Morgan fingerprint density at radius 1 is 1.67 bits per heavy atom. The summed E-state index contributed by atoms with van der Waals surface area (Å²) >= 11 is 2.76. The molecule has 0 fully saturated rings. The zero-order valence-corrected chi connectivity index (χ0v) is 8.87. The van der Waals surface area contributed by atoms with Gasteiger partial charge in [-0.15, -0.1) is 0 Å². The minimum absolute atomic E-state index is 0.0533. The molecule has 0 aromatic carbocycles. The molecule has 2 N–H and O–H groups in total. The van der Waals surface area contributed by atoms with Gasteiger partial charge in [-0.1, -0.05) is 0 Å². The van der Waals surface area contributed by atoms with Crippen molar-refractivity contribution in [3.8, 4) is 0 Å². The predicted octanol–water partition coefficient (Wildman–Crippen LogP) is 2.15. The van der Waals surface area contributed by atoms with Crippen LogP contribution in [0.2, 0.25) is 0 Å². The van der Waals surface area contributed by atoms with Gasteiger partial charge in [-0.2, -0.15) is 0 Å². The van der Waals surface area contributed by atoms with E-state index in [0.29, 0.717) is 0 Å². The molecule has 0 aliphatic heterocycles. The number of nitrogens with two attached hydrogens (primary N) is 1. The molecule has 0 saturated heterocycles. The van der Waals surface area contributed by atoms with Crippen LogP contribution in [0.15, 0.2) is 10.7 Å². The Morgan fingerprint density at radius 2 is 2.27 bits per heavy atom. The van der Waals surface area contributed by atoms with Crippen molar-refractivity contribution in [2.75, 3.05) is 0 Å². The smallest absolute Gasteiger partial charge is 0.302 e. The van der Waals surface area contributed by atoms with Crippen molar-refractivity contribution < 1.29 is 13.7 Å². The Labute approximate surface area is 91.6 Å². The Balaban J connectivity index is 3.42. The maximum atomic E-state index is 12.6. The van der Waals surface area contributed by atoms with Gasteiger partial charge < -0.3 is 5.73 Å². The van der Waals surface area contributed by atoms with Crippen LogP contribution in [0.3, 0.4) is 0 Å². The van der Waals surface area contributed by atoms with Gasteiger partial charge in [-0.05, 0) is 15.9 Å². The van der Waals surface area contributed by atoms with E-state index in [1.165, 1.54) is 0 Å². The lowest BCUT2D eigenvalue weighted by Gasteiger charge is -2.07. The highest BCUT2D eigenvalue weighted by Crippen LogP contribution is 2.35. The Morgan fingerprint density at radius 3 is 2.67 bits per heavy atom. The summed E-state index contributed by atoms with van der Waals surface area (Å²) in [5.74, 6) is 0. The third-order valence-corrected chi connectivity index (χ3v) is 2.56. The van der Waals surface area contributed by atoms with Crippen LogP contribution in [0.5, 0.6) is 0 Å². The number of nitro groups is 1. The second-order valence-electron chi connectivity index (χ2n) is 2.58. The summed E-state index contributed by atoms with van der Waals surface area (Å²) < 4.78 is 24.9. The molecule has 0 spiro atoms. The number of pyridine rings is 1. The van der Waals surface area contributed by atoms with Gasteiger partial charge in [0, 0.05) is 6.54 Å². The molecule has 0 amide bonds. The minimum atomic E-state index is -2.86. The zero-order valence-electron chi connectivity index (χ0n) is 7.28. The van der Waals surface area contributed by atoms with Gasteiger partial charge in [0.25, 0.3) is 6.43 Å². The van der Waals surface area contributed by atoms with Crippen molar-refractivity contribution >= 4 is 21.6 Å². The van der Waals surface area contributed by atoms with Crippen LogP contribution < -0.4 is 5.73 Å². The van der Waals surface area contributed by atoms with Crippen molar-refractivity contribution in [2.45, 2.75) is 13.0 Å². The summed E-state index contributed by atoms with van der Waals surface area (Å²) in [5.41, 5.74) is 4.12. The lowest BCUT2D eigenvalue weighted by Crippen LogP contribution is -2.07. The van der Waals surface area contributed by atoms with E-state index in [9.17, 15) is 18.9 Å². The Hall–Kier alpha value is -1.15. The minimum Gasteiger partial charge on any atom is -0.325 e. The summed E-state index contributed by atoms with van der Waals surface area (Å²) in [6.45, 7) is -0.198. The molecule has 0 aliphatic carbocycles. The fraction of sp³-hybridized carbons (Fsp3) is 0.286. The Kier molecular flexibility index (Phi) is 3.64. The molecule has 82 valence electrons. The first-order valence-electron chi connectivity index (χ1n) is 3.79. The molecule has 0 unspecified atom stereocenters. The monoisotopic (exact) mass is 281 g/mol. The molecule has 1 aromatic rings. The lowest BCUT2D eigenvalue weighted by molar-refractivity contribution is -0.386. The van der Waals surface area contributed by atoms with Gasteiger partial charge in [0.2, 0.25) is 0 Å². The topological polar surface area (TPSA) is 82.0 Å². The molecule has 0 radical (unpaired) electrons. The van der Waals surface area contributed by atoms with Crippen LogP contribution in [0.4, 0.5) is 14.5 Å². The normalized spacial score (nSPS) is 10.7.